The molecule has 134 valence electrons. The van der Waals surface area contributed by atoms with Crippen molar-refractivity contribution < 1.29 is 9.63 Å². The van der Waals surface area contributed by atoms with E-state index in [1.165, 1.54) is 4.70 Å². The third-order valence-electron chi connectivity index (χ3n) is 3.57. The van der Waals surface area contributed by atoms with Crippen LogP contribution in [0.4, 0.5) is 0 Å². The molecule has 0 bridgehead atoms. The first-order valence-corrected chi connectivity index (χ1v) is 8.50. The summed E-state index contributed by atoms with van der Waals surface area (Å²) in [7, 11) is 1.69. The van der Waals surface area contributed by atoms with Crippen molar-refractivity contribution in [3.63, 3.8) is 0 Å². The Kier molecular flexibility index (Phi) is 7.21. The molecule has 0 aliphatic heterocycles. The zero-order chi connectivity index (χ0) is 16.9. The summed E-state index contributed by atoms with van der Waals surface area (Å²) in [5, 5.41) is 21.6. The van der Waals surface area contributed by atoms with Crippen molar-refractivity contribution in [1.29, 1.82) is 0 Å². The van der Waals surface area contributed by atoms with E-state index in [4.69, 9.17) is 4.52 Å². The summed E-state index contributed by atoms with van der Waals surface area (Å²) in [5.41, 5.74) is 0.843. The average molecular weight is 472 g/mol. The summed E-state index contributed by atoms with van der Waals surface area (Å²) in [6.45, 7) is 2.74. The van der Waals surface area contributed by atoms with Crippen LogP contribution in [0.15, 0.2) is 45.9 Å². The number of fused-ring (bicyclic) bond motifs is 1. The highest BCUT2D eigenvalue weighted by molar-refractivity contribution is 14.0. The van der Waals surface area contributed by atoms with Crippen LogP contribution < -0.4 is 10.6 Å². The van der Waals surface area contributed by atoms with E-state index >= 15 is 0 Å². The van der Waals surface area contributed by atoms with Crippen LogP contribution in [0.5, 0.6) is 0 Å². The number of rotatable bonds is 5. The van der Waals surface area contributed by atoms with E-state index in [0.29, 0.717) is 19.0 Å². The number of aromatic nitrogens is 1. The molecule has 2 heterocycles. The molecule has 0 fully saturated rings. The fraction of sp³-hybridized carbons (Fsp3) is 0.294. The van der Waals surface area contributed by atoms with Crippen LogP contribution in [0.25, 0.3) is 10.1 Å². The SMILES string of the molecule is CN=C(NCc1cc(C)no1)NCC(O)c1cc2ccccc2s1.I. The third kappa shape index (κ3) is 5.16. The van der Waals surface area contributed by atoms with Crippen molar-refractivity contribution >= 4 is 51.4 Å². The monoisotopic (exact) mass is 472 g/mol. The molecular formula is C17H21IN4O2S. The molecule has 3 rings (SSSR count). The molecule has 0 spiro atoms. The minimum atomic E-state index is -0.589. The smallest absolute Gasteiger partial charge is 0.191 e. The Morgan fingerprint density at radius 3 is 2.80 bits per heavy atom. The van der Waals surface area contributed by atoms with Gasteiger partial charge in [0.1, 0.15) is 6.10 Å². The maximum Gasteiger partial charge on any atom is 0.191 e. The predicted molar refractivity (Wildman–Crippen MR) is 112 cm³/mol. The van der Waals surface area contributed by atoms with Crippen molar-refractivity contribution in [2.24, 2.45) is 4.99 Å². The standard InChI is InChI=1S/C17H20N4O2S.HI/c1-11-7-13(23-21-11)9-19-17(18-2)20-10-14(22)16-8-12-5-3-4-6-15(12)24-16;/h3-8,14,22H,9-10H2,1-2H3,(H2,18,19,20);1H. The first-order chi connectivity index (χ1) is 11.7. The minimum absolute atomic E-state index is 0. The summed E-state index contributed by atoms with van der Waals surface area (Å²) in [5.74, 6) is 1.34. The molecule has 3 aromatic rings. The first kappa shape index (κ1) is 19.7. The van der Waals surface area contributed by atoms with Gasteiger partial charge in [-0.2, -0.15) is 0 Å². The van der Waals surface area contributed by atoms with Crippen molar-refractivity contribution in [3.8, 4) is 0 Å². The van der Waals surface area contributed by atoms with Crippen LogP contribution in [0, 0.1) is 6.92 Å². The second-order valence-corrected chi connectivity index (χ2v) is 6.56. The van der Waals surface area contributed by atoms with Gasteiger partial charge < -0.3 is 20.3 Å². The molecule has 6 nitrogen and oxygen atoms in total. The molecule has 0 radical (unpaired) electrons. The number of hydrogen-bond donors (Lipinski definition) is 3. The number of aryl methyl sites for hydroxylation is 1. The maximum absolute atomic E-state index is 10.4. The van der Waals surface area contributed by atoms with Gasteiger partial charge in [0, 0.05) is 29.2 Å². The first-order valence-electron chi connectivity index (χ1n) is 7.69. The van der Waals surface area contributed by atoms with Gasteiger partial charge in [0.25, 0.3) is 0 Å². The number of thiophene rings is 1. The number of nitrogens with zero attached hydrogens (tertiary/aromatic N) is 2. The molecule has 1 aromatic carbocycles. The molecule has 8 heteroatoms. The number of benzene rings is 1. The average Bonchev–Trinajstić information content (AvgIpc) is 3.20. The van der Waals surface area contributed by atoms with E-state index in [1.54, 1.807) is 18.4 Å². The number of guanidine groups is 1. The van der Waals surface area contributed by atoms with Gasteiger partial charge in [-0.3, -0.25) is 4.99 Å². The molecule has 0 saturated carbocycles. The number of aliphatic imine (C=N–C) groups is 1. The van der Waals surface area contributed by atoms with Gasteiger partial charge in [-0.15, -0.1) is 35.3 Å². The van der Waals surface area contributed by atoms with Gasteiger partial charge in [0.15, 0.2) is 11.7 Å². The lowest BCUT2D eigenvalue weighted by molar-refractivity contribution is 0.184. The molecule has 0 aliphatic carbocycles. The highest BCUT2D eigenvalue weighted by Gasteiger charge is 2.12. The summed E-state index contributed by atoms with van der Waals surface area (Å²) < 4.78 is 6.32. The second kappa shape index (κ2) is 9.16. The summed E-state index contributed by atoms with van der Waals surface area (Å²) in [4.78, 5) is 5.08. The fourth-order valence-electron chi connectivity index (χ4n) is 2.35. The zero-order valence-corrected chi connectivity index (χ0v) is 17.2. The second-order valence-electron chi connectivity index (χ2n) is 5.44. The van der Waals surface area contributed by atoms with Crippen LogP contribution in [0.2, 0.25) is 0 Å². The van der Waals surface area contributed by atoms with Crippen molar-refractivity contribution in [3.05, 3.63) is 52.7 Å². The quantitative estimate of drug-likeness (QED) is 0.302. The number of hydrogen-bond acceptors (Lipinski definition) is 5. The Hall–Kier alpha value is -1.65. The van der Waals surface area contributed by atoms with Gasteiger partial charge >= 0.3 is 0 Å². The molecular weight excluding hydrogens is 451 g/mol. The van der Waals surface area contributed by atoms with E-state index in [9.17, 15) is 5.11 Å². The molecule has 0 saturated heterocycles. The van der Waals surface area contributed by atoms with Gasteiger partial charge in [-0.25, -0.2) is 0 Å². The molecule has 2 aromatic heterocycles. The Bertz CT molecular complexity index is 813. The number of nitrogens with one attached hydrogen (secondary N) is 2. The van der Waals surface area contributed by atoms with Crippen molar-refractivity contribution in [2.75, 3.05) is 13.6 Å². The largest absolute Gasteiger partial charge is 0.386 e. The molecule has 0 aliphatic rings. The van der Waals surface area contributed by atoms with E-state index in [2.05, 4.69) is 32.9 Å². The van der Waals surface area contributed by atoms with Crippen LogP contribution in [0.1, 0.15) is 22.4 Å². The summed E-state index contributed by atoms with van der Waals surface area (Å²) >= 11 is 1.60. The Morgan fingerprint density at radius 2 is 2.12 bits per heavy atom. The van der Waals surface area contributed by atoms with E-state index in [1.807, 2.05) is 31.2 Å². The highest BCUT2D eigenvalue weighted by atomic mass is 127. The van der Waals surface area contributed by atoms with Gasteiger partial charge in [0.05, 0.1) is 12.2 Å². The van der Waals surface area contributed by atoms with E-state index in [-0.39, 0.29) is 24.0 Å². The van der Waals surface area contributed by atoms with Crippen LogP contribution in [-0.4, -0.2) is 29.8 Å². The zero-order valence-electron chi connectivity index (χ0n) is 14.0. The Morgan fingerprint density at radius 1 is 1.32 bits per heavy atom. The normalized spacial score (nSPS) is 12.7. The molecule has 3 N–H and O–H groups in total. The number of aliphatic hydroxyl groups is 1. The summed E-state index contributed by atoms with van der Waals surface area (Å²) in [6.07, 6.45) is -0.589. The predicted octanol–water partition coefficient (Wildman–Crippen LogP) is 3.21. The lowest BCUT2D eigenvalue weighted by Crippen LogP contribution is -2.38. The maximum atomic E-state index is 10.4. The van der Waals surface area contributed by atoms with E-state index < -0.39 is 6.10 Å². The Labute approximate surface area is 167 Å². The number of aliphatic hydroxyl groups excluding tert-OH is 1. The summed E-state index contributed by atoms with van der Waals surface area (Å²) in [6, 6.07) is 12.0. The lowest BCUT2D eigenvalue weighted by atomic mass is 10.2. The van der Waals surface area contributed by atoms with Gasteiger partial charge in [-0.05, 0) is 24.4 Å². The molecule has 25 heavy (non-hydrogen) atoms. The lowest BCUT2D eigenvalue weighted by Gasteiger charge is -2.13. The van der Waals surface area contributed by atoms with Crippen LogP contribution in [0.3, 0.4) is 0 Å². The van der Waals surface area contributed by atoms with Crippen molar-refractivity contribution in [2.45, 2.75) is 19.6 Å². The number of halogens is 1. The van der Waals surface area contributed by atoms with Gasteiger partial charge in [0.2, 0.25) is 0 Å². The highest BCUT2D eigenvalue weighted by Crippen LogP contribution is 2.29. The minimum Gasteiger partial charge on any atom is -0.386 e. The van der Waals surface area contributed by atoms with Crippen LogP contribution in [-0.2, 0) is 6.54 Å². The Balaban J connectivity index is 0.00000225. The fourth-order valence-corrected chi connectivity index (χ4v) is 3.40. The molecule has 1 atom stereocenters. The van der Waals surface area contributed by atoms with Crippen LogP contribution >= 0.6 is 35.3 Å². The topological polar surface area (TPSA) is 82.7 Å². The van der Waals surface area contributed by atoms with Crippen molar-refractivity contribution in [1.82, 2.24) is 15.8 Å². The van der Waals surface area contributed by atoms with Gasteiger partial charge in [-0.1, -0.05) is 23.4 Å². The molecule has 1 unspecified atom stereocenters. The van der Waals surface area contributed by atoms with E-state index in [0.717, 1.165) is 21.7 Å². The third-order valence-corrected chi connectivity index (χ3v) is 4.78. The molecule has 0 amide bonds.